The van der Waals surface area contributed by atoms with Crippen molar-refractivity contribution in [3.63, 3.8) is 0 Å². The molecule has 0 fully saturated rings. The van der Waals surface area contributed by atoms with Gasteiger partial charge in [-0.3, -0.25) is 0 Å². The maximum atomic E-state index is 12.9. The van der Waals surface area contributed by atoms with E-state index in [1.54, 1.807) is 0 Å². The van der Waals surface area contributed by atoms with Gasteiger partial charge in [-0.2, -0.15) is 0 Å². The molecule has 0 radical (unpaired) electrons. The predicted octanol–water partition coefficient (Wildman–Crippen LogP) is 12.4. The first-order valence-electron chi connectivity index (χ1n) is 18.1. The van der Waals surface area contributed by atoms with E-state index in [0.717, 1.165) is 44.2 Å². The second-order valence-electron chi connectivity index (χ2n) is 13.9. The molecule has 1 aromatic heterocycles. The molecule has 258 valence electrons. The number of benzene rings is 8. The summed E-state index contributed by atoms with van der Waals surface area (Å²) in [5.41, 5.74) is 9.61. The van der Waals surface area contributed by atoms with E-state index in [2.05, 4.69) is 109 Å². The lowest BCUT2D eigenvalue weighted by atomic mass is 9.85. The number of hydrogen-bond acceptors (Lipinski definition) is 4. The number of nitrogens with zero attached hydrogens (tertiary/aromatic N) is 3. The van der Waals surface area contributed by atoms with Crippen LogP contribution in [0.15, 0.2) is 182 Å². The van der Waals surface area contributed by atoms with Crippen molar-refractivity contribution in [2.75, 3.05) is 13.3 Å². The summed E-state index contributed by atoms with van der Waals surface area (Å²) in [6.45, 7) is 3.65. The van der Waals surface area contributed by atoms with Crippen LogP contribution in [-0.4, -0.2) is 28.3 Å². The van der Waals surface area contributed by atoms with Gasteiger partial charge in [0.1, 0.15) is 7.14 Å². The smallest absolute Gasteiger partial charge is 0.164 e. The van der Waals surface area contributed by atoms with Crippen molar-refractivity contribution in [3.05, 3.63) is 182 Å². The highest BCUT2D eigenvalue weighted by molar-refractivity contribution is 7.70. The molecule has 9 rings (SSSR count). The minimum atomic E-state index is -2.40. The van der Waals surface area contributed by atoms with E-state index in [9.17, 15) is 4.57 Å². The van der Waals surface area contributed by atoms with Gasteiger partial charge in [-0.15, -0.1) is 0 Å². The zero-order valence-corrected chi connectivity index (χ0v) is 30.9. The molecule has 54 heavy (non-hydrogen) atoms. The molecule has 0 saturated heterocycles. The minimum Gasteiger partial charge on any atom is -0.319 e. The maximum Gasteiger partial charge on any atom is 0.164 e. The van der Waals surface area contributed by atoms with Gasteiger partial charge in [0.25, 0.3) is 0 Å². The zero-order chi connectivity index (χ0) is 36.6. The van der Waals surface area contributed by atoms with E-state index in [1.165, 1.54) is 32.7 Å². The number of fused-ring (bicyclic) bond motifs is 2. The van der Waals surface area contributed by atoms with E-state index >= 15 is 0 Å². The highest BCUT2D eigenvalue weighted by Gasteiger charge is 2.19. The van der Waals surface area contributed by atoms with Crippen molar-refractivity contribution in [1.82, 2.24) is 15.0 Å². The molecule has 9 aromatic rings. The number of hydrogen-bond donors (Lipinski definition) is 0. The molecular formula is C49H36N3OP. The Kier molecular flexibility index (Phi) is 8.54. The van der Waals surface area contributed by atoms with Crippen LogP contribution in [0.3, 0.4) is 0 Å². The van der Waals surface area contributed by atoms with Gasteiger partial charge in [-0.05, 0) is 80.4 Å². The summed E-state index contributed by atoms with van der Waals surface area (Å²) in [7, 11) is -2.40. The maximum absolute atomic E-state index is 12.9. The van der Waals surface area contributed by atoms with Gasteiger partial charge >= 0.3 is 0 Å². The summed E-state index contributed by atoms with van der Waals surface area (Å²) < 4.78 is 12.9. The third-order valence-corrected chi connectivity index (χ3v) is 11.5. The van der Waals surface area contributed by atoms with Crippen LogP contribution in [0, 0.1) is 0 Å². The fourth-order valence-electron chi connectivity index (χ4n) is 7.35. The Bertz CT molecular complexity index is 2750. The molecule has 5 heteroatoms. The average molecular weight is 714 g/mol. The molecule has 8 aromatic carbocycles. The topological polar surface area (TPSA) is 55.7 Å². The van der Waals surface area contributed by atoms with Crippen molar-refractivity contribution < 1.29 is 4.57 Å². The Morgan fingerprint density at radius 2 is 0.685 bits per heavy atom. The fraction of sp³-hybridized carbons (Fsp3) is 0.0408. The summed E-state index contributed by atoms with van der Waals surface area (Å²) >= 11 is 0. The van der Waals surface area contributed by atoms with E-state index in [4.69, 9.17) is 15.0 Å². The summed E-state index contributed by atoms with van der Waals surface area (Å²) in [5, 5.41) is 5.63. The molecule has 0 aliphatic rings. The summed E-state index contributed by atoms with van der Waals surface area (Å²) in [4.78, 5) is 14.8. The second kappa shape index (κ2) is 13.8. The third kappa shape index (κ3) is 6.32. The van der Waals surface area contributed by atoms with Crippen LogP contribution in [0.1, 0.15) is 0 Å². The molecule has 0 spiro atoms. The monoisotopic (exact) mass is 713 g/mol. The molecule has 0 aliphatic carbocycles. The zero-order valence-electron chi connectivity index (χ0n) is 30.0. The molecule has 0 amide bonds. The van der Waals surface area contributed by atoms with Crippen LogP contribution in [0.25, 0.3) is 89.1 Å². The first kappa shape index (κ1) is 33.4. The molecule has 0 N–H and O–H groups in total. The van der Waals surface area contributed by atoms with Gasteiger partial charge in [0.05, 0.1) is 0 Å². The van der Waals surface area contributed by atoms with Gasteiger partial charge in [-0.25, -0.2) is 15.0 Å². The second-order valence-corrected chi connectivity index (χ2v) is 17.2. The van der Waals surface area contributed by atoms with Crippen LogP contribution in [0.2, 0.25) is 0 Å². The van der Waals surface area contributed by atoms with Crippen LogP contribution in [0.5, 0.6) is 0 Å². The van der Waals surface area contributed by atoms with E-state index in [0.29, 0.717) is 17.5 Å². The Hall–Kier alpha value is -6.48. The van der Waals surface area contributed by atoms with Gasteiger partial charge in [0, 0.05) is 22.0 Å². The van der Waals surface area contributed by atoms with Crippen LogP contribution in [0.4, 0.5) is 0 Å². The highest BCUT2D eigenvalue weighted by Crippen LogP contribution is 2.44. The Morgan fingerprint density at radius 3 is 1.17 bits per heavy atom. The molecule has 4 nitrogen and oxygen atoms in total. The SMILES string of the molecule is CP(C)(=O)c1cccc(-c2cccc(-c3c4ccccc4c(-c4ccc(-c5nc(-c6ccccc6)nc(-c6ccccc6)n5)cc4)c4ccccc34)c2)c1. The minimum absolute atomic E-state index is 0.630. The Balaban J connectivity index is 1.17. The normalized spacial score (nSPS) is 11.6. The van der Waals surface area contributed by atoms with Crippen molar-refractivity contribution in [3.8, 4) is 67.5 Å². The van der Waals surface area contributed by atoms with Crippen LogP contribution in [-0.2, 0) is 4.57 Å². The lowest BCUT2D eigenvalue weighted by molar-refractivity contribution is 0.588. The standard InChI is InChI=1S/C49H36N3OP/c1-54(2,53)40-22-14-20-38(32-40)37-19-13-21-39(31-37)46-43-25-11-9-23-41(43)45(42-24-10-12-26-44(42)46)33-27-29-36(30-28-33)49-51-47(34-15-5-3-6-16-34)50-48(52-49)35-17-7-4-8-18-35/h3-32H,1-2H3. The van der Waals surface area contributed by atoms with Gasteiger partial charge in [0.15, 0.2) is 17.5 Å². The van der Waals surface area contributed by atoms with Gasteiger partial charge < -0.3 is 4.57 Å². The van der Waals surface area contributed by atoms with E-state index in [-0.39, 0.29) is 0 Å². The summed E-state index contributed by atoms with van der Waals surface area (Å²) in [5.74, 6) is 1.91. The quantitative estimate of drug-likeness (QED) is 0.122. The van der Waals surface area contributed by atoms with E-state index < -0.39 is 7.14 Å². The van der Waals surface area contributed by atoms with E-state index in [1.807, 2.05) is 86.1 Å². The molecule has 0 atom stereocenters. The molecule has 0 bridgehead atoms. The Labute approximate surface area is 315 Å². The van der Waals surface area contributed by atoms with Crippen molar-refractivity contribution in [2.45, 2.75) is 0 Å². The van der Waals surface area contributed by atoms with Gasteiger partial charge in [0.2, 0.25) is 0 Å². The number of aromatic nitrogens is 3. The van der Waals surface area contributed by atoms with Crippen LogP contribution >= 0.6 is 7.14 Å². The first-order chi connectivity index (χ1) is 26.4. The largest absolute Gasteiger partial charge is 0.319 e. The summed E-state index contributed by atoms with van der Waals surface area (Å²) in [6, 6.07) is 63.0. The lowest BCUT2D eigenvalue weighted by Crippen LogP contribution is -2.02. The highest BCUT2D eigenvalue weighted by atomic mass is 31.2. The van der Waals surface area contributed by atoms with Crippen molar-refractivity contribution in [1.29, 1.82) is 0 Å². The van der Waals surface area contributed by atoms with Crippen molar-refractivity contribution in [2.24, 2.45) is 0 Å². The average Bonchev–Trinajstić information content (AvgIpc) is 3.23. The lowest BCUT2D eigenvalue weighted by Gasteiger charge is -2.18. The number of rotatable bonds is 7. The molecule has 1 heterocycles. The van der Waals surface area contributed by atoms with Gasteiger partial charge in [-0.1, -0.05) is 170 Å². The Morgan fingerprint density at radius 1 is 0.333 bits per heavy atom. The molecule has 0 saturated carbocycles. The first-order valence-corrected chi connectivity index (χ1v) is 20.7. The predicted molar refractivity (Wildman–Crippen MR) is 227 cm³/mol. The summed E-state index contributed by atoms with van der Waals surface area (Å²) in [6.07, 6.45) is 0. The van der Waals surface area contributed by atoms with Crippen LogP contribution < -0.4 is 5.30 Å². The fourth-order valence-corrected chi connectivity index (χ4v) is 8.24. The van der Waals surface area contributed by atoms with Crippen molar-refractivity contribution >= 4 is 34.0 Å². The molecule has 0 unspecified atom stereocenters. The molecule has 0 aliphatic heterocycles. The molecular weight excluding hydrogens is 678 g/mol. The third-order valence-electron chi connectivity index (χ3n) is 10.0.